The molecule has 0 radical (unpaired) electrons. The number of hydrogen-bond acceptors (Lipinski definition) is 6. The molecular weight excluding hydrogens is 426 g/mol. The van der Waals surface area contributed by atoms with Crippen LogP contribution in [0.4, 0.5) is 17.2 Å². The topological polar surface area (TPSA) is 78.7 Å². The highest BCUT2D eigenvalue weighted by Gasteiger charge is 2.19. The standard InChI is InChI=1S/C26H25N7O/c1-18(34)31-9-11-32(12-10-31)22-5-6-25(29-16-22)30-24-14-21(17-33-8-7-27-26(24)33)20-13-19-3-2-4-23(19)28-15-20/h2,4-8,13-17H,3,9-12H2,1H3,(H,29,30). The number of pyridine rings is 3. The Hall–Kier alpha value is -4.20. The normalized spacial score (nSPS) is 15.1. The molecule has 1 fully saturated rings. The first-order valence-corrected chi connectivity index (χ1v) is 11.5. The number of hydrogen-bond donors (Lipinski definition) is 1. The molecule has 0 atom stereocenters. The van der Waals surface area contributed by atoms with Gasteiger partial charge >= 0.3 is 0 Å². The van der Waals surface area contributed by atoms with Gasteiger partial charge in [0.2, 0.25) is 5.91 Å². The maximum atomic E-state index is 11.6. The second-order valence-electron chi connectivity index (χ2n) is 8.70. The summed E-state index contributed by atoms with van der Waals surface area (Å²) in [6.07, 6.45) is 14.8. The largest absolute Gasteiger partial charge is 0.367 e. The van der Waals surface area contributed by atoms with Gasteiger partial charge in [-0.05, 0) is 42.3 Å². The van der Waals surface area contributed by atoms with E-state index < -0.39 is 0 Å². The molecule has 0 aromatic carbocycles. The van der Waals surface area contributed by atoms with Crippen molar-refractivity contribution < 1.29 is 4.79 Å². The van der Waals surface area contributed by atoms with E-state index >= 15 is 0 Å². The number of aromatic nitrogens is 4. The van der Waals surface area contributed by atoms with Gasteiger partial charge in [-0.1, -0.05) is 6.08 Å². The Morgan fingerprint density at radius 1 is 1.00 bits per heavy atom. The van der Waals surface area contributed by atoms with E-state index in [1.165, 1.54) is 5.56 Å². The summed E-state index contributed by atoms with van der Waals surface area (Å²) < 4.78 is 2.02. The molecule has 0 saturated carbocycles. The Labute approximate surface area is 197 Å². The number of nitrogens with one attached hydrogen (secondary N) is 1. The summed E-state index contributed by atoms with van der Waals surface area (Å²) in [5.74, 6) is 0.890. The third-order valence-corrected chi connectivity index (χ3v) is 6.54. The molecule has 1 N–H and O–H groups in total. The summed E-state index contributed by atoms with van der Waals surface area (Å²) in [5.41, 5.74) is 7.23. The minimum atomic E-state index is 0.136. The van der Waals surface area contributed by atoms with Gasteiger partial charge in [-0.3, -0.25) is 9.78 Å². The van der Waals surface area contributed by atoms with Crippen LogP contribution in [0.3, 0.4) is 0 Å². The number of fused-ring (bicyclic) bond motifs is 2. The van der Waals surface area contributed by atoms with Crippen molar-refractivity contribution in [3.05, 3.63) is 72.6 Å². The fraction of sp³-hybridized carbons (Fsp3) is 0.231. The van der Waals surface area contributed by atoms with Crippen LogP contribution in [0.15, 0.2) is 61.3 Å². The molecule has 0 spiro atoms. The highest BCUT2D eigenvalue weighted by molar-refractivity contribution is 5.80. The molecule has 1 aliphatic carbocycles. The molecule has 5 heterocycles. The molecule has 8 nitrogen and oxygen atoms in total. The van der Waals surface area contributed by atoms with E-state index in [2.05, 4.69) is 61.7 Å². The smallest absolute Gasteiger partial charge is 0.219 e. The molecule has 4 aromatic rings. The molecule has 1 aliphatic heterocycles. The minimum Gasteiger partial charge on any atom is -0.367 e. The van der Waals surface area contributed by atoms with E-state index in [1.807, 2.05) is 34.0 Å². The Morgan fingerprint density at radius 2 is 1.88 bits per heavy atom. The number of nitrogens with zero attached hydrogens (tertiary/aromatic N) is 6. The molecule has 0 unspecified atom stereocenters. The lowest BCUT2D eigenvalue weighted by Gasteiger charge is -2.35. The second-order valence-corrected chi connectivity index (χ2v) is 8.70. The number of amides is 1. The van der Waals surface area contributed by atoms with Gasteiger partial charge in [0.15, 0.2) is 5.65 Å². The number of allylic oxidation sites excluding steroid dienone is 1. The summed E-state index contributed by atoms with van der Waals surface area (Å²) in [6.45, 7) is 4.74. The van der Waals surface area contributed by atoms with Crippen LogP contribution in [0.5, 0.6) is 0 Å². The van der Waals surface area contributed by atoms with E-state index in [1.54, 1.807) is 13.1 Å². The van der Waals surface area contributed by atoms with Crippen molar-refractivity contribution >= 4 is 34.8 Å². The van der Waals surface area contributed by atoms with Crippen molar-refractivity contribution in [1.82, 2.24) is 24.3 Å². The SMILES string of the molecule is CC(=O)N1CCN(c2ccc(Nc3cc(-c4cnc5c(c4)CC=C5)cn4ccnc34)nc2)CC1. The molecule has 1 saturated heterocycles. The van der Waals surface area contributed by atoms with Crippen LogP contribution in [0, 0.1) is 0 Å². The third kappa shape index (κ3) is 3.77. The molecule has 8 heteroatoms. The van der Waals surface area contributed by atoms with Crippen LogP contribution in [0.2, 0.25) is 0 Å². The Morgan fingerprint density at radius 3 is 2.68 bits per heavy atom. The van der Waals surface area contributed by atoms with Crippen molar-refractivity contribution in [3.63, 3.8) is 0 Å². The van der Waals surface area contributed by atoms with E-state index in [4.69, 9.17) is 0 Å². The minimum absolute atomic E-state index is 0.136. The molecule has 6 rings (SSSR count). The van der Waals surface area contributed by atoms with Crippen molar-refractivity contribution in [3.8, 4) is 11.1 Å². The lowest BCUT2D eigenvalue weighted by molar-refractivity contribution is -0.129. The monoisotopic (exact) mass is 451 g/mol. The van der Waals surface area contributed by atoms with Crippen molar-refractivity contribution in [2.75, 3.05) is 36.4 Å². The average Bonchev–Trinajstić information content (AvgIpc) is 3.53. The maximum absolute atomic E-state index is 11.6. The fourth-order valence-electron chi connectivity index (χ4n) is 4.64. The van der Waals surface area contributed by atoms with E-state index in [-0.39, 0.29) is 5.91 Å². The third-order valence-electron chi connectivity index (χ3n) is 6.54. The molecular formula is C26H25N7O. The Kier molecular flexibility index (Phi) is 4.98. The quantitative estimate of drug-likeness (QED) is 0.509. The zero-order valence-electron chi connectivity index (χ0n) is 19.0. The fourth-order valence-corrected chi connectivity index (χ4v) is 4.64. The second kappa shape index (κ2) is 8.30. The first-order chi connectivity index (χ1) is 16.6. The van der Waals surface area contributed by atoms with Gasteiger partial charge in [0.1, 0.15) is 5.82 Å². The van der Waals surface area contributed by atoms with Gasteiger partial charge in [-0.15, -0.1) is 0 Å². The van der Waals surface area contributed by atoms with Gasteiger partial charge in [-0.2, -0.15) is 0 Å². The summed E-state index contributed by atoms with van der Waals surface area (Å²) in [7, 11) is 0. The zero-order chi connectivity index (χ0) is 23.1. The molecule has 4 aromatic heterocycles. The number of carbonyl (C=O) groups excluding carboxylic acids is 1. The molecule has 1 amide bonds. The van der Waals surface area contributed by atoms with Crippen LogP contribution < -0.4 is 10.2 Å². The number of imidazole rings is 1. The van der Waals surface area contributed by atoms with E-state index in [9.17, 15) is 4.79 Å². The molecule has 0 bridgehead atoms. The van der Waals surface area contributed by atoms with Crippen molar-refractivity contribution in [2.45, 2.75) is 13.3 Å². The van der Waals surface area contributed by atoms with Gasteiger partial charge in [-0.25, -0.2) is 9.97 Å². The molecule has 170 valence electrons. The highest BCUT2D eigenvalue weighted by Crippen LogP contribution is 2.30. The summed E-state index contributed by atoms with van der Waals surface area (Å²) in [6, 6.07) is 8.37. The van der Waals surface area contributed by atoms with Gasteiger partial charge in [0.25, 0.3) is 0 Å². The van der Waals surface area contributed by atoms with Crippen LogP contribution in [0.1, 0.15) is 18.2 Å². The Balaban J connectivity index is 1.24. The van der Waals surface area contributed by atoms with Crippen LogP contribution in [0.25, 0.3) is 22.9 Å². The van der Waals surface area contributed by atoms with Crippen LogP contribution in [-0.4, -0.2) is 56.3 Å². The van der Waals surface area contributed by atoms with Gasteiger partial charge in [0, 0.05) is 69.0 Å². The number of rotatable bonds is 4. The van der Waals surface area contributed by atoms with Gasteiger partial charge < -0.3 is 19.5 Å². The zero-order valence-corrected chi connectivity index (χ0v) is 19.0. The highest BCUT2D eigenvalue weighted by atomic mass is 16.2. The first-order valence-electron chi connectivity index (χ1n) is 11.5. The van der Waals surface area contributed by atoms with Crippen LogP contribution in [-0.2, 0) is 11.2 Å². The maximum Gasteiger partial charge on any atom is 0.219 e. The molecule has 34 heavy (non-hydrogen) atoms. The lowest BCUT2D eigenvalue weighted by atomic mass is 10.1. The summed E-state index contributed by atoms with van der Waals surface area (Å²) >= 11 is 0. The van der Waals surface area contributed by atoms with Gasteiger partial charge in [0.05, 0.1) is 23.3 Å². The summed E-state index contributed by atoms with van der Waals surface area (Å²) in [4.78, 5) is 29.5. The number of anilines is 3. The predicted octanol–water partition coefficient (Wildman–Crippen LogP) is 3.77. The van der Waals surface area contributed by atoms with Crippen molar-refractivity contribution in [2.24, 2.45) is 0 Å². The summed E-state index contributed by atoms with van der Waals surface area (Å²) in [5, 5.41) is 3.45. The average molecular weight is 452 g/mol. The number of carbonyl (C=O) groups is 1. The molecule has 2 aliphatic rings. The predicted molar refractivity (Wildman–Crippen MR) is 133 cm³/mol. The van der Waals surface area contributed by atoms with Crippen LogP contribution >= 0.6 is 0 Å². The first kappa shape index (κ1) is 20.4. The van der Waals surface area contributed by atoms with E-state index in [0.29, 0.717) is 0 Å². The Bertz CT molecular complexity index is 1400. The number of piperazine rings is 1. The van der Waals surface area contributed by atoms with E-state index in [0.717, 1.165) is 72.3 Å². The lowest BCUT2D eigenvalue weighted by Crippen LogP contribution is -2.48. The van der Waals surface area contributed by atoms with Crippen molar-refractivity contribution in [1.29, 1.82) is 0 Å².